The Kier molecular flexibility index (Phi) is 7.97. The van der Waals surface area contributed by atoms with Gasteiger partial charge in [0.1, 0.15) is 5.60 Å². The van der Waals surface area contributed by atoms with Crippen molar-refractivity contribution in [3.8, 4) is 0 Å². The summed E-state index contributed by atoms with van der Waals surface area (Å²) in [5.74, 6) is -3.80. The number of carboxylic acid groups (broad SMARTS) is 1. The maximum absolute atomic E-state index is 13.3. The van der Waals surface area contributed by atoms with Crippen molar-refractivity contribution in [2.45, 2.75) is 59.0 Å². The average molecular weight is 460 g/mol. The molecule has 0 saturated heterocycles. The van der Waals surface area contributed by atoms with Crippen molar-refractivity contribution in [2.24, 2.45) is 0 Å². The van der Waals surface area contributed by atoms with Gasteiger partial charge in [-0.3, -0.25) is 14.9 Å². The fraction of sp³-hybridized carbons (Fsp3) is 0.435. The number of nitro benzene ring substituents is 1. The van der Waals surface area contributed by atoms with Gasteiger partial charge in [0.25, 0.3) is 5.69 Å². The van der Waals surface area contributed by atoms with E-state index in [4.69, 9.17) is 9.47 Å². The Morgan fingerprint density at radius 2 is 1.76 bits per heavy atom. The van der Waals surface area contributed by atoms with E-state index < -0.39 is 34.4 Å². The molecule has 0 fully saturated rings. The highest BCUT2D eigenvalue weighted by Crippen LogP contribution is 2.42. The predicted octanol–water partition coefficient (Wildman–Crippen LogP) is 3.58. The van der Waals surface area contributed by atoms with E-state index in [1.54, 1.807) is 33.8 Å². The smallest absolute Gasteiger partial charge is 0.337 e. The molecule has 0 saturated carbocycles. The number of nitrogens with zero attached hydrogens (tertiary/aromatic N) is 1. The third-order valence-corrected chi connectivity index (χ3v) is 5.26. The number of carbonyl (C=O) groups is 3. The van der Waals surface area contributed by atoms with Gasteiger partial charge in [0.2, 0.25) is 0 Å². The van der Waals surface area contributed by atoms with E-state index in [-0.39, 0.29) is 47.5 Å². The summed E-state index contributed by atoms with van der Waals surface area (Å²) in [5.41, 5.74) is -0.966. The lowest BCUT2D eigenvalue weighted by atomic mass is 9.79. The third kappa shape index (κ3) is 5.97. The first-order valence-corrected chi connectivity index (χ1v) is 10.4. The van der Waals surface area contributed by atoms with Crippen LogP contribution in [0.5, 0.6) is 0 Å². The van der Waals surface area contributed by atoms with Crippen LogP contribution < -0.4 is 5.32 Å². The minimum atomic E-state index is -1.32. The lowest BCUT2D eigenvalue weighted by Crippen LogP contribution is -2.36. The van der Waals surface area contributed by atoms with E-state index in [1.807, 2.05) is 0 Å². The largest absolute Gasteiger partial charge is 0.478 e. The van der Waals surface area contributed by atoms with Gasteiger partial charge in [0.05, 0.1) is 28.6 Å². The first-order chi connectivity index (χ1) is 15.4. The zero-order valence-corrected chi connectivity index (χ0v) is 19.3. The molecule has 1 unspecified atom stereocenters. The van der Waals surface area contributed by atoms with Gasteiger partial charge in [-0.25, -0.2) is 9.59 Å². The molecule has 0 amide bonds. The van der Waals surface area contributed by atoms with Crippen LogP contribution in [-0.4, -0.2) is 40.1 Å². The van der Waals surface area contributed by atoms with Crippen molar-refractivity contribution in [3.63, 3.8) is 0 Å². The van der Waals surface area contributed by atoms with Gasteiger partial charge in [-0.1, -0.05) is 18.2 Å². The molecule has 10 heteroatoms. The average Bonchev–Trinajstić information content (AvgIpc) is 2.71. The molecule has 1 aliphatic heterocycles. The summed E-state index contributed by atoms with van der Waals surface area (Å²) in [6.07, 6.45) is 0.200. The molecule has 2 rings (SSSR count). The van der Waals surface area contributed by atoms with Gasteiger partial charge in [-0.2, -0.15) is 0 Å². The van der Waals surface area contributed by atoms with Crippen LogP contribution >= 0.6 is 0 Å². The van der Waals surface area contributed by atoms with Crippen molar-refractivity contribution in [1.82, 2.24) is 5.32 Å². The Morgan fingerprint density at radius 1 is 1.15 bits per heavy atom. The molecule has 0 spiro atoms. The van der Waals surface area contributed by atoms with E-state index in [0.29, 0.717) is 5.70 Å². The maximum Gasteiger partial charge on any atom is 0.337 e. The summed E-state index contributed by atoms with van der Waals surface area (Å²) >= 11 is 0. The minimum Gasteiger partial charge on any atom is -0.478 e. The van der Waals surface area contributed by atoms with Crippen molar-refractivity contribution in [1.29, 1.82) is 0 Å². The maximum atomic E-state index is 13.3. The third-order valence-electron chi connectivity index (χ3n) is 5.26. The second-order valence-corrected chi connectivity index (χ2v) is 8.21. The summed E-state index contributed by atoms with van der Waals surface area (Å²) in [7, 11) is 0. The molecule has 1 atom stereocenters. The highest BCUT2D eigenvalue weighted by Gasteiger charge is 2.41. The highest BCUT2D eigenvalue weighted by molar-refractivity contribution is 5.99. The lowest BCUT2D eigenvalue weighted by Gasteiger charge is -2.32. The Morgan fingerprint density at radius 3 is 2.33 bits per heavy atom. The molecule has 0 bridgehead atoms. The van der Waals surface area contributed by atoms with Crippen molar-refractivity contribution >= 4 is 23.6 Å². The summed E-state index contributed by atoms with van der Waals surface area (Å²) in [6.45, 7) is 8.27. The van der Waals surface area contributed by atoms with Gasteiger partial charge in [-0.15, -0.1) is 0 Å². The highest BCUT2D eigenvalue weighted by atomic mass is 16.6. The molecule has 33 heavy (non-hydrogen) atoms. The van der Waals surface area contributed by atoms with Crippen LogP contribution in [0.2, 0.25) is 0 Å². The van der Waals surface area contributed by atoms with E-state index in [9.17, 15) is 29.6 Å². The number of rotatable bonds is 9. The number of esters is 2. The van der Waals surface area contributed by atoms with Crippen molar-refractivity contribution in [2.75, 3.05) is 6.61 Å². The predicted molar refractivity (Wildman–Crippen MR) is 118 cm³/mol. The molecule has 1 aromatic rings. The summed E-state index contributed by atoms with van der Waals surface area (Å²) < 4.78 is 10.6. The van der Waals surface area contributed by atoms with Crippen molar-refractivity contribution in [3.05, 3.63) is 62.5 Å². The molecule has 178 valence electrons. The quantitative estimate of drug-likeness (QED) is 0.321. The first-order valence-electron chi connectivity index (χ1n) is 10.4. The minimum absolute atomic E-state index is 0.0252. The molecule has 1 aromatic carbocycles. The second-order valence-electron chi connectivity index (χ2n) is 8.21. The molecule has 0 radical (unpaired) electrons. The Hall–Kier alpha value is -3.69. The fourth-order valence-corrected chi connectivity index (χ4v) is 3.75. The van der Waals surface area contributed by atoms with Gasteiger partial charge in [-0.05, 0) is 41.0 Å². The van der Waals surface area contributed by atoms with E-state index >= 15 is 0 Å². The van der Waals surface area contributed by atoms with Crippen LogP contribution in [0.3, 0.4) is 0 Å². The van der Waals surface area contributed by atoms with Crippen LogP contribution in [0, 0.1) is 10.1 Å². The number of benzene rings is 1. The van der Waals surface area contributed by atoms with E-state index in [1.165, 1.54) is 25.1 Å². The molecule has 2 N–H and O–H groups in total. The number of carboxylic acids is 1. The van der Waals surface area contributed by atoms with Gasteiger partial charge >= 0.3 is 17.9 Å². The molecule has 0 aliphatic carbocycles. The molecule has 1 heterocycles. The number of nitrogens with one attached hydrogen (secondary N) is 1. The number of nitro groups is 1. The van der Waals surface area contributed by atoms with Crippen LogP contribution in [0.1, 0.15) is 58.9 Å². The van der Waals surface area contributed by atoms with Crippen LogP contribution in [0.15, 0.2) is 46.8 Å². The number of ether oxygens (including phenoxy) is 2. The normalized spacial score (nSPS) is 16.2. The number of dihydropyridines is 1. The number of carbonyl (C=O) groups excluding carboxylic acids is 2. The number of allylic oxidation sites excluding steroid dienone is 2. The van der Waals surface area contributed by atoms with Gasteiger partial charge in [0, 0.05) is 29.4 Å². The van der Waals surface area contributed by atoms with E-state index in [0.717, 1.165) is 0 Å². The molecular formula is C23H28N2O8. The summed E-state index contributed by atoms with van der Waals surface area (Å²) in [5, 5.41) is 24.4. The van der Waals surface area contributed by atoms with Gasteiger partial charge in [0.15, 0.2) is 0 Å². The van der Waals surface area contributed by atoms with Crippen molar-refractivity contribution < 1.29 is 33.9 Å². The van der Waals surface area contributed by atoms with Gasteiger partial charge < -0.3 is 19.9 Å². The van der Waals surface area contributed by atoms with Crippen LogP contribution in [0.25, 0.3) is 0 Å². The molecule has 0 aromatic heterocycles. The standard InChI is InChI=1S/C23H28N2O8/c1-6-32-17(26)11-12-23(4,5)33-22(29)19-14(3)24-13(2)18(21(27)28)20(19)15-9-7-8-10-16(15)25(30)31/h7-10,20,24H,6,11-12H2,1-5H3,(H,27,28). The number of para-hydroxylation sites is 1. The lowest BCUT2D eigenvalue weighted by molar-refractivity contribution is -0.385. The molecule has 1 aliphatic rings. The summed E-state index contributed by atoms with van der Waals surface area (Å²) in [6, 6.07) is 5.69. The monoisotopic (exact) mass is 460 g/mol. The fourth-order valence-electron chi connectivity index (χ4n) is 3.75. The number of hydrogen-bond acceptors (Lipinski definition) is 8. The van der Waals surface area contributed by atoms with E-state index in [2.05, 4.69) is 5.32 Å². The summed E-state index contributed by atoms with van der Waals surface area (Å²) in [4.78, 5) is 48.2. The SMILES string of the molecule is CCOC(=O)CCC(C)(C)OC(=O)C1=C(C)NC(C)=C(C(=O)O)C1c1ccccc1[N+](=O)[O-]. The number of hydrogen-bond donors (Lipinski definition) is 2. The van der Waals surface area contributed by atoms with Crippen LogP contribution in [0.4, 0.5) is 5.69 Å². The van der Waals surface area contributed by atoms with Crippen LogP contribution in [-0.2, 0) is 23.9 Å². The Bertz CT molecular complexity index is 1040. The zero-order valence-electron chi connectivity index (χ0n) is 19.3. The first kappa shape index (κ1) is 25.6. The molecular weight excluding hydrogens is 432 g/mol. The Labute approximate surface area is 191 Å². The number of aliphatic carboxylic acids is 1. The second kappa shape index (κ2) is 10.3. The molecule has 10 nitrogen and oxygen atoms in total. The zero-order chi connectivity index (χ0) is 24.9. The topological polar surface area (TPSA) is 145 Å². The Balaban J connectivity index is 2.50.